The van der Waals surface area contributed by atoms with Crippen molar-refractivity contribution in [3.63, 3.8) is 0 Å². The van der Waals surface area contributed by atoms with Crippen molar-refractivity contribution < 1.29 is 4.74 Å². The Balaban J connectivity index is 1.99. The van der Waals surface area contributed by atoms with Gasteiger partial charge in [-0.05, 0) is 36.5 Å². The van der Waals surface area contributed by atoms with E-state index in [0.717, 1.165) is 18.1 Å². The first kappa shape index (κ1) is 11.4. The first-order valence-corrected chi connectivity index (χ1v) is 5.93. The molecule has 1 fully saturated rings. The molecule has 1 aliphatic carbocycles. The van der Waals surface area contributed by atoms with Crippen molar-refractivity contribution in [2.75, 3.05) is 7.11 Å². The van der Waals surface area contributed by atoms with E-state index in [0.29, 0.717) is 0 Å². The number of hydrogen-bond acceptors (Lipinski definition) is 3. The fourth-order valence-corrected chi connectivity index (χ4v) is 2.01. The second-order valence-electron chi connectivity index (χ2n) is 4.52. The molecule has 1 aromatic rings. The van der Waals surface area contributed by atoms with E-state index in [1.54, 1.807) is 7.11 Å². The molecule has 0 aliphatic heterocycles. The molecule has 0 radical (unpaired) electrons. The van der Waals surface area contributed by atoms with Crippen LogP contribution < -0.4 is 16.0 Å². The average Bonchev–Trinajstić information content (AvgIpc) is 3.14. The summed E-state index contributed by atoms with van der Waals surface area (Å²) in [6, 6.07) is 8.36. The van der Waals surface area contributed by atoms with Gasteiger partial charge in [-0.15, -0.1) is 0 Å². The van der Waals surface area contributed by atoms with Crippen LogP contribution in [0.1, 0.15) is 37.3 Å². The number of nitrogens with two attached hydrogens (primary N) is 1. The summed E-state index contributed by atoms with van der Waals surface area (Å²) in [6.07, 6.45) is 5.17. The maximum atomic E-state index is 5.61. The molecule has 88 valence electrons. The standard InChI is InChI=1S/C13H20N2O/c1-16-12-4-2-3-11(9-12)13(15-14)8-7-10-5-6-10/h2-4,9-10,13,15H,5-8,14H2,1H3. The van der Waals surface area contributed by atoms with Crippen molar-refractivity contribution in [3.8, 4) is 5.75 Å². The summed E-state index contributed by atoms with van der Waals surface area (Å²) < 4.78 is 5.22. The Morgan fingerprint density at radius 3 is 2.94 bits per heavy atom. The molecule has 1 unspecified atom stereocenters. The molecule has 0 bridgehead atoms. The SMILES string of the molecule is COc1cccc(C(CCC2CC2)NN)c1. The summed E-state index contributed by atoms with van der Waals surface area (Å²) >= 11 is 0. The van der Waals surface area contributed by atoms with Crippen molar-refractivity contribution in [2.24, 2.45) is 11.8 Å². The molecule has 1 aliphatic rings. The number of ether oxygens (including phenoxy) is 1. The number of hydrazine groups is 1. The monoisotopic (exact) mass is 220 g/mol. The first-order chi connectivity index (χ1) is 7.83. The zero-order chi connectivity index (χ0) is 11.4. The van der Waals surface area contributed by atoms with Gasteiger partial charge in [0.1, 0.15) is 5.75 Å². The normalized spacial score (nSPS) is 17.1. The van der Waals surface area contributed by atoms with E-state index in [1.807, 2.05) is 12.1 Å². The predicted molar refractivity (Wildman–Crippen MR) is 65.0 cm³/mol. The van der Waals surface area contributed by atoms with Crippen LogP contribution in [0.3, 0.4) is 0 Å². The highest BCUT2D eigenvalue weighted by molar-refractivity contribution is 5.30. The van der Waals surface area contributed by atoms with Gasteiger partial charge in [0.05, 0.1) is 7.11 Å². The quantitative estimate of drug-likeness (QED) is 0.571. The topological polar surface area (TPSA) is 47.3 Å². The van der Waals surface area contributed by atoms with E-state index in [4.69, 9.17) is 10.6 Å². The molecule has 0 amide bonds. The van der Waals surface area contributed by atoms with Crippen molar-refractivity contribution in [1.29, 1.82) is 0 Å². The fraction of sp³-hybridized carbons (Fsp3) is 0.538. The molecule has 1 saturated carbocycles. The number of hydrogen-bond donors (Lipinski definition) is 2. The zero-order valence-corrected chi connectivity index (χ0v) is 9.78. The largest absolute Gasteiger partial charge is 0.497 e. The second kappa shape index (κ2) is 5.32. The average molecular weight is 220 g/mol. The fourth-order valence-electron chi connectivity index (χ4n) is 2.01. The second-order valence-corrected chi connectivity index (χ2v) is 4.52. The lowest BCUT2D eigenvalue weighted by atomic mass is 10.0. The number of nitrogens with one attached hydrogen (secondary N) is 1. The maximum Gasteiger partial charge on any atom is 0.119 e. The summed E-state index contributed by atoms with van der Waals surface area (Å²) in [6.45, 7) is 0. The minimum atomic E-state index is 0.246. The van der Waals surface area contributed by atoms with E-state index in [-0.39, 0.29) is 6.04 Å². The Kier molecular flexibility index (Phi) is 3.80. The van der Waals surface area contributed by atoms with Crippen molar-refractivity contribution >= 4 is 0 Å². The minimum Gasteiger partial charge on any atom is -0.497 e. The van der Waals surface area contributed by atoms with Gasteiger partial charge in [-0.25, -0.2) is 0 Å². The number of benzene rings is 1. The molecule has 16 heavy (non-hydrogen) atoms. The molecule has 2 rings (SSSR count). The molecular formula is C13H20N2O. The third-order valence-electron chi connectivity index (χ3n) is 3.26. The lowest BCUT2D eigenvalue weighted by Crippen LogP contribution is -2.28. The van der Waals surface area contributed by atoms with Gasteiger partial charge in [0.25, 0.3) is 0 Å². The molecule has 3 N–H and O–H groups in total. The molecule has 3 nitrogen and oxygen atoms in total. The van der Waals surface area contributed by atoms with Crippen LogP contribution in [-0.4, -0.2) is 7.11 Å². The van der Waals surface area contributed by atoms with E-state index < -0.39 is 0 Å². The van der Waals surface area contributed by atoms with Crippen LogP contribution in [-0.2, 0) is 0 Å². The predicted octanol–water partition coefficient (Wildman–Crippen LogP) is 2.39. The summed E-state index contributed by atoms with van der Waals surface area (Å²) in [5, 5.41) is 0. The lowest BCUT2D eigenvalue weighted by Gasteiger charge is -2.16. The van der Waals surface area contributed by atoms with Gasteiger partial charge >= 0.3 is 0 Å². The van der Waals surface area contributed by atoms with Gasteiger partial charge in [-0.1, -0.05) is 25.0 Å². The van der Waals surface area contributed by atoms with Crippen LogP contribution in [0.25, 0.3) is 0 Å². The summed E-state index contributed by atoms with van der Waals surface area (Å²) in [7, 11) is 1.69. The first-order valence-electron chi connectivity index (χ1n) is 5.93. The van der Waals surface area contributed by atoms with Gasteiger partial charge in [0.2, 0.25) is 0 Å². The Hall–Kier alpha value is -1.06. The molecule has 0 aromatic heterocycles. The highest BCUT2D eigenvalue weighted by Crippen LogP contribution is 2.36. The molecule has 1 aromatic carbocycles. The van der Waals surface area contributed by atoms with E-state index >= 15 is 0 Å². The Bertz CT molecular complexity index is 336. The van der Waals surface area contributed by atoms with Crippen molar-refractivity contribution in [3.05, 3.63) is 29.8 Å². The van der Waals surface area contributed by atoms with Gasteiger partial charge in [-0.2, -0.15) is 0 Å². The van der Waals surface area contributed by atoms with E-state index in [2.05, 4.69) is 17.6 Å². The van der Waals surface area contributed by atoms with Gasteiger partial charge in [-0.3, -0.25) is 11.3 Å². The smallest absolute Gasteiger partial charge is 0.119 e. The minimum absolute atomic E-state index is 0.246. The van der Waals surface area contributed by atoms with Crippen LogP contribution in [0.2, 0.25) is 0 Å². The highest BCUT2D eigenvalue weighted by atomic mass is 16.5. The Morgan fingerprint density at radius 2 is 2.31 bits per heavy atom. The van der Waals surface area contributed by atoms with Crippen molar-refractivity contribution in [2.45, 2.75) is 31.7 Å². The maximum absolute atomic E-state index is 5.61. The van der Waals surface area contributed by atoms with Crippen LogP contribution in [0.5, 0.6) is 5.75 Å². The molecule has 0 heterocycles. The zero-order valence-electron chi connectivity index (χ0n) is 9.78. The summed E-state index contributed by atoms with van der Waals surface area (Å²) in [5.74, 6) is 7.45. The Morgan fingerprint density at radius 1 is 1.50 bits per heavy atom. The van der Waals surface area contributed by atoms with Crippen LogP contribution in [0, 0.1) is 5.92 Å². The molecule has 0 spiro atoms. The van der Waals surface area contributed by atoms with Gasteiger partial charge in [0.15, 0.2) is 0 Å². The molecule has 1 atom stereocenters. The van der Waals surface area contributed by atoms with E-state index in [1.165, 1.54) is 24.8 Å². The Labute approximate surface area is 97.0 Å². The summed E-state index contributed by atoms with van der Waals surface area (Å²) in [4.78, 5) is 0. The van der Waals surface area contributed by atoms with Crippen molar-refractivity contribution in [1.82, 2.24) is 5.43 Å². The highest BCUT2D eigenvalue weighted by Gasteiger charge is 2.22. The number of rotatable bonds is 6. The third-order valence-corrected chi connectivity index (χ3v) is 3.26. The summed E-state index contributed by atoms with van der Waals surface area (Å²) in [5.41, 5.74) is 4.11. The van der Waals surface area contributed by atoms with Gasteiger partial charge < -0.3 is 4.74 Å². The molecule has 3 heteroatoms. The third kappa shape index (κ3) is 2.97. The number of methoxy groups -OCH3 is 1. The van der Waals surface area contributed by atoms with Gasteiger partial charge in [0, 0.05) is 6.04 Å². The van der Waals surface area contributed by atoms with Crippen LogP contribution >= 0.6 is 0 Å². The van der Waals surface area contributed by atoms with Crippen LogP contribution in [0.4, 0.5) is 0 Å². The van der Waals surface area contributed by atoms with Crippen LogP contribution in [0.15, 0.2) is 24.3 Å². The molecular weight excluding hydrogens is 200 g/mol. The van der Waals surface area contributed by atoms with E-state index in [9.17, 15) is 0 Å². The lowest BCUT2D eigenvalue weighted by molar-refractivity contribution is 0.411. The molecule has 0 saturated heterocycles.